The average Bonchev–Trinajstić information content (AvgIpc) is 2.59. The molecule has 0 radical (unpaired) electrons. The standard InChI is InChI=1S/C19H26N2O/c1-3-4-5-6-10-13-22-18-14-20-19(21-15-18)16(2)17-11-8-7-9-12-17/h7-9,11-12,14-16H,3-6,10,13H2,1-2H3. The number of ether oxygens (including phenoxy) is 1. The third kappa shape index (κ3) is 5.14. The maximum absolute atomic E-state index is 5.70. The summed E-state index contributed by atoms with van der Waals surface area (Å²) in [6, 6.07) is 10.3. The van der Waals surface area contributed by atoms with Crippen molar-refractivity contribution in [2.75, 3.05) is 6.61 Å². The van der Waals surface area contributed by atoms with E-state index in [1.807, 2.05) is 18.2 Å². The van der Waals surface area contributed by atoms with Crippen LogP contribution in [-0.2, 0) is 0 Å². The fourth-order valence-corrected chi connectivity index (χ4v) is 2.41. The quantitative estimate of drug-likeness (QED) is 0.612. The molecule has 0 bridgehead atoms. The first-order valence-corrected chi connectivity index (χ1v) is 8.31. The van der Waals surface area contributed by atoms with Gasteiger partial charge < -0.3 is 4.74 Å². The van der Waals surface area contributed by atoms with Crippen molar-refractivity contribution in [3.8, 4) is 5.75 Å². The van der Waals surface area contributed by atoms with E-state index in [2.05, 4.69) is 35.9 Å². The fraction of sp³-hybridized carbons (Fsp3) is 0.474. The van der Waals surface area contributed by atoms with Crippen LogP contribution in [0.25, 0.3) is 0 Å². The fourth-order valence-electron chi connectivity index (χ4n) is 2.41. The Morgan fingerprint density at radius 3 is 2.32 bits per heavy atom. The Kier molecular flexibility index (Phi) is 6.88. The summed E-state index contributed by atoms with van der Waals surface area (Å²) < 4.78 is 5.70. The molecule has 0 N–H and O–H groups in total. The lowest BCUT2D eigenvalue weighted by molar-refractivity contribution is 0.302. The lowest BCUT2D eigenvalue weighted by Crippen LogP contribution is -2.04. The van der Waals surface area contributed by atoms with Crippen molar-refractivity contribution in [2.45, 2.75) is 51.9 Å². The zero-order chi connectivity index (χ0) is 15.6. The van der Waals surface area contributed by atoms with Crippen molar-refractivity contribution < 1.29 is 4.74 Å². The van der Waals surface area contributed by atoms with Gasteiger partial charge in [-0.3, -0.25) is 0 Å². The van der Waals surface area contributed by atoms with Gasteiger partial charge in [-0.2, -0.15) is 0 Å². The molecule has 2 rings (SSSR count). The summed E-state index contributed by atoms with van der Waals surface area (Å²) in [7, 11) is 0. The van der Waals surface area contributed by atoms with Gasteiger partial charge in [0.25, 0.3) is 0 Å². The Morgan fingerprint density at radius 1 is 0.955 bits per heavy atom. The summed E-state index contributed by atoms with van der Waals surface area (Å²) in [6.07, 6.45) is 9.79. The second kappa shape index (κ2) is 9.19. The predicted molar refractivity (Wildman–Crippen MR) is 90.2 cm³/mol. The number of hydrogen-bond acceptors (Lipinski definition) is 3. The van der Waals surface area contributed by atoms with Crippen LogP contribution in [0.3, 0.4) is 0 Å². The van der Waals surface area contributed by atoms with Crippen LogP contribution in [-0.4, -0.2) is 16.6 Å². The molecule has 118 valence electrons. The van der Waals surface area contributed by atoms with Gasteiger partial charge in [-0.05, 0) is 12.0 Å². The second-order valence-corrected chi connectivity index (χ2v) is 5.67. The van der Waals surface area contributed by atoms with E-state index in [4.69, 9.17) is 4.74 Å². The molecule has 1 unspecified atom stereocenters. The van der Waals surface area contributed by atoms with Gasteiger partial charge in [0.1, 0.15) is 5.82 Å². The Labute approximate surface area is 133 Å². The molecule has 3 nitrogen and oxygen atoms in total. The monoisotopic (exact) mass is 298 g/mol. The van der Waals surface area contributed by atoms with Crippen LogP contribution in [0.15, 0.2) is 42.7 Å². The SMILES string of the molecule is CCCCCCCOc1cnc(C(C)c2ccccc2)nc1. The lowest BCUT2D eigenvalue weighted by atomic mass is 10.0. The first kappa shape index (κ1) is 16.5. The molecule has 0 amide bonds. The first-order chi connectivity index (χ1) is 10.8. The molecule has 1 atom stereocenters. The van der Waals surface area contributed by atoms with Crippen molar-refractivity contribution in [1.29, 1.82) is 0 Å². The van der Waals surface area contributed by atoms with Crippen LogP contribution in [0.4, 0.5) is 0 Å². The van der Waals surface area contributed by atoms with Crippen LogP contribution < -0.4 is 4.74 Å². The molecule has 0 saturated carbocycles. The van der Waals surface area contributed by atoms with Gasteiger partial charge in [0.2, 0.25) is 0 Å². The van der Waals surface area contributed by atoms with E-state index in [-0.39, 0.29) is 5.92 Å². The molecule has 0 aliphatic carbocycles. The molecule has 1 heterocycles. The van der Waals surface area contributed by atoms with E-state index < -0.39 is 0 Å². The molecular formula is C19H26N2O. The van der Waals surface area contributed by atoms with Crippen molar-refractivity contribution in [3.63, 3.8) is 0 Å². The zero-order valence-corrected chi connectivity index (χ0v) is 13.7. The molecule has 0 aliphatic heterocycles. The molecule has 0 aliphatic rings. The first-order valence-electron chi connectivity index (χ1n) is 8.31. The second-order valence-electron chi connectivity index (χ2n) is 5.67. The van der Waals surface area contributed by atoms with E-state index in [0.717, 1.165) is 24.6 Å². The summed E-state index contributed by atoms with van der Waals surface area (Å²) in [6.45, 7) is 5.10. The predicted octanol–water partition coefficient (Wildman–Crippen LogP) is 4.98. The van der Waals surface area contributed by atoms with Crippen molar-refractivity contribution in [3.05, 3.63) is 54.1 Å². The van der Waals surface area contributed by atoms with E-state index in [1.54, 1.807) is 12.4 Å². The Balaban J connectivity index is 1.80. The minimum Gasteiger partial charge on any atom is -0.490 e. The zero-order valence-electron chi connectivity index (χ0n) is 13.7. The Bertz CT molecular complexity index is 525. The molecule has 1 aromatic carbocycles. The highest BCUT2D eigenvalue weighted by Gasteiger charge is 2.10. The van der Waals surface area contributed by atoms with Crippen molar-refractivity contribution in [2.24, 2.45) is 0 Å². The Morgan fingerprint density at radius 2 is 1.64 bits per heavy atom. The molecular weight excluding hydrogens is 272 g/mol. The molecule has 2 aromatic rings. The highest BCUT2D eigenvalue weighted by Crippen LogP contribution is 2.21. The van der Waals surface area contributed by atoms with Gasteiger partial charge >= 0.3 is 0 Å². The van der Waals surface area contributed by atoms with Crippen LogP contribution in [0.5, 0.6) is 5.75 Å². The van der Waals surface area contributed by atoms with Gasteiger partial charge in [-0.25, -0.2) is 9.97 Å². The number of nitrogens with zero attached hydrogens (tertiary/aromatic N) is 2. The molecule has 1 aromatic heterocycles. The van der Waals surface area contributed by atoms with Crippen LogP contribution in [0.1, 0.15) is 63.3 Å². The van der Waals surface area contributed by atoms with Gasteiger partial charge in [0.05, 0.1) is 19.0 Å². The molecule has 0 fully saturated rings. The van der Waals surface area contributed by atoms with Gasteiger partial charge in [-0.15, -0.1) is 0 Å². The van der Waals surface area contributed by atoms with Gasteiger partial charge in [-0.1, -0.05) is 69.9 Å². The molecule has 0 spiro atoms. The highest BCUT2D eigenvalue weighted by molar-refractivity contribution is 5.25. The van der Waals surface area contributed by atoms with Crippen molar-refractivity contribution >= 4 is 0 Å². The normalized spacial score (nSPS) is 12.1. The van der Waals surface area contributed by atoms with E-state index in [1.165, 1.54) is 31.2 Å². The summed E-state index contributed by atoms with van der Waals surface area (Å²) in [5, 5.41) is 0. The number of rotatable bonds is 9. The topological polar surface area (TPSA) is 35.0 Å². The van der Waals surface area contributed by atoms with Gasteiger partial charge in [0, 0.05) is 5.92 Å². The molecule has 0 saturated heterocycles. The third-order valence-corrected chi connectivity index (χ3v) is 3.85. The number of aromatic nitrogens is 2. The number of benzene rings is 1. The van der Waals surface area contributed by atoms with E-state index >= 15 is 0 Å². The highest BCUT2D eigenvalue weighted by atomic mass is 16.5. The van der Waals surface area contributed by atoms with E-state index in [0.29, 0.717) is 0 Å². The maximum Gasteiger partial charge on any atom is 0.155 e. The minimum absolute atomic E-state index is 0.198. The third-order valence-electron chi connectivity index (χ3n) is 3.85. The summed E-state index contributed by atoms with van der Waals surface area (Å²) >= 11 is 0. The minimum atomic E-state index is 0.198. The number of hydrogen-bond donors (Lipinski definition) is 0. The Hall–Kier alpha value is -1.90. The summed E-state index contributed by atoms with van der Waals surface area (Å²) in [5.41, 5.74) is 1.23. The smallest absolute Gasteiger partial charge is 0.155 e. The van der Waals surface area contributed by atoms with Crippen LogP contribution >= 0.6 is 0 Å². The lowest BCUT2D eigenvalue weighted by Gasteiger charge is -2.11. The largest absolute Gasteiger partial charge is 0.490 e. The number of unbranched alkanes of at least 4 members (excludes halogenated alkanes) is 4. The molecule has 3 heteroatoms. The van der Waals surface area contributed by atoms with E-state index in [9.17, 15) is 0 Å². The average molecular weight is 298 g/mol. The maximum atomic E-state index is 5.70. The van der Waals surface area contributed by atoms with Crippen LogP contribution in [0.2, 0.25) is 0 Å². The molecule has 22 heavy (non-hydrogen) atoms. The summed E-state index contributed by atoms with van der Waals surface area (Å²) in [4.78, 5) is 8.89. The van der Waals surface area contributed by atoms with Gasteiger partial charge in [0.15, 0.2) is 5.75 Å². The summed E-state index contributed by atoms with van der Waals surface area (Å²) in [5.74, 6) is 1.80. The van der Waals surface area contributed by atoms with Crippen LogP contribution in [0, 0.1) is 0 Å². The van der Waals surface area contributed by atoms with Crippen molar-refractivity contribution in [1.82, 2.24) is 9.97 Å².